The lowest BCUT2D eigenvalue weighted by Gasteiger charge is -2.19. The molecule has 0 saturated carbocycles. The molecular formula is C14H11ClFN3. The van der Waals surface area contributed by atoms with Gasteiger partial charge < -0.3 is 4.90 Å². The number of nitrogens with zero attached hydrogens (tertiary/aromatic N) is 3. The maximum atomic E-state index is 12.8. The van der Waals surface area contributed by atoms with Crippen LogP contribution >= 0.6 is 11.6 Å². The summed E-state index contributed by atoms with van der Waals surface area (Å²) in [6.07, 6.45) is 1.54. The van der Waals surface area contributed by atoms with E-state index in [0.717, 1.165) is 5.56 Å². The normalized spacial score (nSPS) is 10.0. The van der Waals surface area contributed by atoms with E-state index in [2.05, 4.69) is 4.98 Å². The summed E-state index contributed by atoms with van der Waals surface area (Å²) in [6, 6.07) is 9.80. The molecule has 1 aromatic carbocycles. The fraction of sp³-hybridized carbons (Fsp3) is 0.143. The summed E-state index contributed by atoms with van der Waals surface area (Å²) < 4.78 is 12.8. The van der Waals surface area contributed by atoms with Crippen LogP contribution in [0.3, 0.4) is 0 Å². The highest BCUT2D eigenvalue weighted by Crippen LogP contribution is 2.26. The van der Waals surface area contributed by atoms with Gasteiger partial charge >= 0.3 is 0 Å². The number of hydrogen-bond acceptors (Lipinski definition) is 3. The van der Waals surface area contributed by atoms with E-state index in [-0.39, 0.29) is 5.82 Å². The minimum Gasteiger partial charge on any atom is -0.354 e. The van der Waals surface area contributed by atoms with E-state index in [0.29, 0.717) is 22.9 Å². The summed E-state index contributed by atoms with van der Waals surface area (Å²) >= 11 is 6.11. The molecule has 96 valence electrons. The maximum Gasteiger partial charge on any atom is 0.148 e. The molecule has 0 bridgehead atoms. The molecule has 0 radical (unpaired) electrons. The molecule has 2 aromatic rings. The highest BCUT2D eigenvalue weighted by Gasteiger charge is 2.11. The second-order valence-corrected chi connectivity index (χ2v) is 4.47. The minimum atomic E-state index is -0.269. The Morgan fingerprint density at radius 2 is 2.00 bits per heavy atom. The Bertz CT molecular complexity index is 620. The Kier molecular flexibility index (Phi) is 3.98. The molecule has 0 spiro atoms. The number of hydrogen-bond donors (Lipinski definition) is 0. The number of benzene rings is 1. The van der Waals surface area contributed by atoms with Crippen LogP contribution in [0.1, 0.15) is 11.1 Å². The average Bonchev–Trinajstić information content (AvgIpc) is 2.41. The van der Waals surface area contributed by atoms with Crippen molar-refractivity contribution in [3.63, 3.8) is 0 Å². The van der Waals surface area contributed by atoms with Crippen molar-refractivity contribution in [2.45, 2.75) is 6.54 Å². The zero-order valence-corrected chi connectivity index (χ0v) is 11.0. The van der Waals surface area contributed by atoms with Gasteiger partial charge in [0.05, 0.1) is 5.56 Å². The van der Waals surface area contributed by atoms with E-state index in [1.165, 1.54) is 12.1 Å². The Balaban J connectivity index is 2.23. The molecule has 0 atom stereocenters. The lowest BCUT2D eigenvalue weighted by Crippen LogP contribution is -2.18. The zero-order chi connectivity index (χ0) is 13.8. The molecule has 19 heavy (non-hydrogen) atoms. The van der Waals surface area contributed by atoms with Crippen LogP contribution in [0.4, 0.5) is 10.2 Å². The molecule has 5 heteroatoms. The summed E-state index contributed by atoms with van der Waals surface area (Å²) in [5.74, 6) is 0.263. The van der Waals surface area contributed by atoms with E-state index in [1.54, 1.807) is 24.4 Å². The number of aromatic nitrogens is 1. The van der Waals surface area contributed by atoms with Crippen LogP contribution in [0.25, 0.3) is 0 Å². The summed E-state index contributed by atoms with van der Waals surface area (Å²) in [5, 5.41) is 9.25. The van der Waals surface area contributed by atoms with Gasteiger partial charge in [-0.2, -0.15) is 5.26 Å². The standard InChI is InChI=1S/C14H11ClFN3/c1-19(9-10-2-4-12(16)5-3-10)14-13(15)11(8-17)6-7-18-14/h2-7H,9H2,1H3. The first-order valence-corrected chi connectivity index (χ1v) is 6.00. The molecule has 0 fully saturated rings. The SMILES string of the molecule is CN(Cc1ccc(F)cc1)c1nccc(C#N)c1Cl. The third kappa shape index (κ3) is 3.01. The Hall–Kier alpha value is -2.12. The second kappa shape index (κ2) is 5.68. The van der Waals surface area contributed by atoms with Crippen LogP contribution in [0.15, 0.2) is 36.5 Å². The number of pyridine rings is 1. The molecular weight excluding hydrogens is 265 g/mol. The Morgan fingerprint density at radius 3 is 2.63 bits per heavy atom. The van der Waals surface area contributed by atoms with Crippen LogP contribution in [-0.2, 0) is 6.54 Å². The van der Waals surface area contributed by atoms with Gasteiger partial charge in [-0.25, -0.2) is 9.37 Å². The molecule has 3 nitrogen and oxygen atoms in total. The summed E-state index contributed by atoms with van der Waals surface area (Å²) in [6.45, 7) is 0.530. The Labute approximate surface area is 115 Å². The van der Waals surface area contributed by atoms with Crippen molar-refractivity contribution in [2.75, 3.05) is 11.9 Å². The molecule has 0 aliphatic rings. The van der Waals surface area contributed by atoms with Crippen molar-refractivity contribution in [1.29, 1.82) is 5.26 Å². The lowest BCUT2D eigenvalue weighted by atomic mass is 10.2. The smallest absolute Gasteiger partial charge is 0.148 e. The van der Waals surface area contributed by atoms with Gasteiger partial charge in [-0.15, -0.1) is 0 Å². The van der Waals surface area contributed by atoms with E-state index in [4.69, 9.17) is 16.9 Å². The third-order valence-corrected chi connectivity index (χ3v) is 3.06. The molecule has 0 aliphatic heterocycles. The van der Waals surface area contributed by atoms with Crippen molar-refractivity contribution in [1.82, 2.24) is 4.98 Å². The fourth-order valence-corrected chi connectivity index (χ4v) is 2.02. The number of anilines is 1. The van der Waals surface area contributed by atoms with Crippen LogP contribution in [0.5, 0.6) is 0 Å². The van der Waals surface area contributed by atoms with Crippen molar-refractivity contribution in [3.05, 3.63) is 58.5 Å². The average molecular weight is 276 g/mol. The number of nitriles is 1. The van der Waals surface area contributed by atoms with Crippen molar-refractivity contribution >= 4 is 17.4 Å². The van der Waals surface area contributed by atoms with Gasteiger partial charge in [-0.3, -0.25) is 0 Å². The predicted octanol–water partition coefficient (Wildman–Crippen LogP) is 3.38. The number of rotatable bonds is 3. The molecule has 1 aromatic heterocycles. The fourth-order valence-electron chi connectivity index (χ4n) is 1.72. The van der Waals surface area contributed by atoms with Crippen LogP contribution in [0.2, 0.25) is 5.02 Å². The lowest BCUT2D eigenvalue weighted by molar-refractivity contribution is 0.627. The van der Waals surface area contributed by atoms with Crippen LogP contribution in [-0.4, -0.2) is 12.0 Å². The van der Waals surface area contributed by atoms with Gasteiger partial charge in [0.25, 0.3) is 0 Å². The first-order valence-electron chi connectivity index (χ1n) is 5.62. The van der Waals surface area contributed by atoms with Crippen molar-refractivity contribution in [2.24, 2.45) is 0 Å². The van der Waals surface area contributed by atoms with Crippen LogP contribution in [0, 0.1) is 17.1 Å². The largest absolute Gasteiger partial charge is 0.354 e. The summed E-state index contributed by atoms with van der Waals surface area (Å²) in [7, 11) is 1.82. The van der Waals surface area contributed by atoms with Gasteiger partial charge in [-0.05, 0) is 23.8 Å². The molecule has 0 N–H and O–H groups in total. The van der Waals surface area contributed by atoms with Gasteiger partial charge in [0.1, 0.15) is 22.7 Å². The molecule has 0 amide bonds. The highest BCUT2D eigenvalue weighted by molar-refractivity contribution is 6.34. The molecule has 2 rings (SSSR count). The highest BCUT2D eigenvalue weighted by atomic mass is 35.5. The minimum absolute atomic E-state index is 0.269. The number of halogens is 2. The van der Waals surface area contributed by atoms with Crippen LogP contribution < -0.4 is 4.90 Å². The predicted molar refractivity (Wildman–Crippen MR) is 72.5 cm³/mol. The topological polar surface area (TPSA) is 39.9 Å². The molecule has 0 unspecified atom stereocenters. The zero-order valence-electron chi connectivity index (χ0n) is 10.3. The summed E-state index contributed by atoms with van der Waals surface area (Å²) in [5.41, 5.74) is 1.32. The second-order valence-electron chi connectivity index (χ2n) is 4.09. The quantitative estimate of drug-likeness (QED) is 0.862. The van der Waals surface area contributed by atoms with E-state index < -0.39 is 0 Å². The monoisotopic (exact) mass is 275 g/mol. The third-order valence-electron chi connectivity index (χ3n) is 2.69. The summed E-state index contributed by atoms with van der Waals surface area (Å²) in [4.78, 5) is 5.99. The van der Waals surface area contributed by atoms with E-state index >= 15 is 0 Å². The first kappa shape index (κ1) is 13.3. The van der Waals surface area contributed by atoms with E-state index in [1.807, 2.05) is 18.0 Å². The van der Waals surface area contributed by atoms with Crippen molar-refractivity contribution < 1.29 is 4.39 Å². The molecule has 0 aliphatic carbocycles. The molecule has 0 saturated heterocycles. The molecule has 1 heterocycles. The van der Waals surface area contributed by atoms with Gasteiger partial charge in [0.15, 0.2) is 0 Å². The maximum absolute atomic E-state index is 12.8. The van der Waals surface area contributed by atoms with Gasteiger partial charge in [0.2, 0.25) is 0 Å². The van der Waals surface area contributed by atoms with Gasteiger partial charge in [0, 0.05) is 19.8 Å². The Morgan fingerprint density at radius 1 is 1.32 bits per heavy atom. The van der Waals surface area contributed by atoms with E-state index in [9.17, 15) is 4.39 Å². The first-order chi connectivity index (χ1) is 9.11. The van der Waals surface area contributed by atoms with Gasteiger partial charge in [-0.1, -0.05) is 23.7 Å². The van der Waals surface area contributed by atoms with Crippen molar-refractivity contribution in [3.8, 4) is 6.07 Å².